The minimum absolute atomic E-state index is 0.0723. The number of nitrogens with zero attached hydrogens (tertiary/aromatic N) is 10. The molecule has 330 valence electrons. The summed E-state index contributed by atoms with van der Waals surface area (Å²) in [6, 6.07) is 6.66. The molecule has 0 bridgehead atoms. The number of aliphatic hydroxyl groups is 1. The van der Waals surface area contributed by atoms with Crippen molar-refractivity contribution < 1.29 is 36.6 Å². The van der Waals surface area contributed by atoms with Gasteiger partial charge in [-0.2, -0.15) is 32.1 Å². The van der Waals surface area contributed by atoms with Crippen LogP contribution in [0.25, 0.3) is 28.3 Å². The van der Waals surface area contributed by atoms with E-state index in [1.807, 2.05) is 35.9 Å². The largest absolute Gasteiger partial charge is 0.435 e. The molecule has 7 heterocycles. The van der Waals surface area contributed by atoms with Crippen molar-refractivity contribution in [3.8, 4) is 22.5 Å². The summed E-state index contributed by atoms with van der Waals surface area (Å²) in [5, 5.41) is 20.9. The number of hydrogen-bond acceptors (Lipinski definition) is 9. The number of carbonyl (C=O) groups is 2. The molecule has 14 nitrogen and oxygen atoms in total. The van der Waals surface area contributed by atoms with Gasteiger partial charge in [-0.25, -0.2) is 14.6 Å². The summed E-state index contributed by atoms with van der Waals surface area (Å²) in [6.07, 6.45) is 7.74. The fraction of sp³-hybridized carbons (Fsp3) is 0.455. The van der Waals surface area contributed by atoms with Gasteiger partial charge >= 0.3 is 12.7 Å². The lowest BCUT2D eigenvalue weighted by atomic mass is 9.96. The van der Waals surface area contributed by atoms with Crippen LogP contribution in [-0.4, -0.2) is 83.8 Å². The van der Waals surface area contributed by atoms with Crippen LogP contribution in [0, 0.1) is 12.3 Å². The van der Waals surface area contributed by atoms with Crippen molar-refractivity contribution in [2.45, 2.75) is 115 Å². The van der Waals surface area contributed by atoms with Gasteiger partial charge in [0.05, 0.1) is 46.5 Å². The van der Waals surface area contributed by atoms with E-state index < -0.39 is 46.9 Å². The molecule has 1 spiro atoms. The standard InChI is InChI=1S/C44H46F5N11O3/c1-24-29(9-10-31(53-24)28-19-51-40-54-32(26-6-7-26)22-57(40)21-28)30-16-43(30)12-13-58(38(43)62)34(14-25-17-52-59(20-25)39(45)46)37(61)55-41(2,3)23-60-33(15-36(56-60)44(47,48)49)27-8-11-35(50-18-27)42(4,5)63/h8-11,15,17-22,26,30,34,39,63H,6-7,12-14,16,23H2,1-5H3,(H,55,61)/t30-,34-,43+/m1/s1. The second-order valence-corrected chi connectivity index (χ2v) is 18.3. The molecule has 6 aromatic heterocycles. The second kappa shape index (κ2) is 15.0. The van der Waals surface area contributed by atoms with E-state index in [9.17, 15) is 36.6 Å². The lowest BCUT2D eigenvalue weighted by Gasteiger charge is -2.33. The van der Waals surface area contributed by atoms with Crippen molar-refractivity contribution in [2.75, 3.05) is 6.54 Å². The maximum atomic E-state index is 14.6. The average Bonchev–Trinajstić information content (AvgIpc) is 3.94. The van der Waals surface area contributed by atoms with Gasteiger partial charge in [-0.1, -0.05) is 6.07 Å². The molecule has 19 heteroatoms. The van der Waals surface area contributed by atoms with Gasteiger partial charge in [-0.05, 0) is 95.7 Å². The number of hydrogen-bond donors (Lipinski definition) is 2. The van der Waals surface area contributed by atoms with Crippen molar-refractivity contribution in [1.82, 2.24) is 54.1 Å². The Hall–Kier alpha value is -6.11. The molecule has 2 N–H and O–H groups in total. The van der Waals surface area contributed by atoms with Gasteiger partial charge in [0.15, 0.2) is 5.69 Å². The summed E-state index contributed by atoms with van der Waals surface area (Å²) in [5.74, 6) is 0.0880. The van der Waals surface area contributed by atoms with Crippen LogP contribution in [-0.2, 0) is 34.3 Å². The van der Waals surface area contributed by atoms with E-state index in [1.165, 1.54) is 43.3 Å². The Bertz CT molecular complexity index is 2730. The predicted molar refractivity (Wildman–Crippen MR) is 218 cm³/mol. The number of fused-ring (bicyclic) bond motifs is 1. The normalized spacial score (nSPS) is 19.8. The maximum Gasteiger partial charge on any atom is 0.435 e. The minimum atomic E-state index is -4.78. The maximum absolute atomic E-state index is 14.6. The van der Waals surface area contributed by atoms with Crippen molar-refractivity contribution in [3.63, 3.8) is 0 Å². The molecule has 1 saturated heterocycles. The third-order valence-electron chi connectivity index (χ3n) is 12.4. The lowest BCUT2D eigenvalue weighted by molar-refractivity contribution is -0.141. The predicted octanol–water partition coefficient (Wildman–Crippen LogP) is 6.99. The first-order valence-electron chi connectivity index (χ1n) is 20.8. The summed E-state index contributed by atoms with van der Waals surface area (Å²) in [6.45, 7) is 5.26. The molecule has 2 saturated carbocycles. The van der Waals surface area contributed by atoms with E-state index in [4.69, 9.17) is 4.98 Å². The highest BCUT2D eigenvalue weighted by atomic mass is 19.4. The molecule has 2 amide bonds. The monoisotopic (exact) mass is 871 g/mol. The second-order valence-electron chi connectivity index (χ2n) is 18.3. The Morgan fingerprint density at radius 3 is 2.38 bits per heavy atom. The van der Waals surface area contributed by atoms with Gasteiger partial charge in [-0.3, -0.25) is 28.6 Å². The number of aromatic nitrogens is 9. The molecule has 3 fully saturated rings. The molecule has 1 aliphatic heterocycles. The molecule has 63 heavy (non-hydrogen) atoms. The Balaban J connectivity index is 0.952. The van der Waals surface area contributed by atoms with Crippen molar-refractivity contribution >= 4 is 17.6 Å². The number of halogens is 5. The van der Waals surface area contributed by atoms with Crippen LogP contribution in [0.4, 0.5) is 22.0 Å². The Morgan fingerprint density at radius 2 is 1.73 bits per heavy atom. The molecule has 9 rings (SSSR count). The fourth-order valence-electron chi connectivity index (χ4n) is 8.85. The van der Waals surface area contributed by atoms with Crippen LogP contribution in [0.1, 0.15) is 106 Å². The van der Waals surface area contributed by atoms with Gasteiger partial charge < -0.3 is 15.3 Å². The molecule has 0 radical (unpaired) electrons. The number of amides is 2. The zero-order valence-corrected chi connectivity index (χ0v) is 35.2. The minimum Gasteiger partial charge on any atom is -0.384 e. The van der Waals surface area contributed by atoms with Crippen LogP contribution >= 0.6 is 0 Å². The van der Waals surface area contributed by atoms with Crippen LogP contribution in [0.3, 0.4) is 0 Å². The van der Waals surface area contributed by atoms with Gasteiger partial charge in [-0.15, -0.1) is 0 Å². The smallest absolute Gasteiger partial charge is 0.384 e. The zero-order valence-electron chi connectivity index (χ0n) is 35.2. The summed E-state index contributed by atoms with van der Waals surface area (Å²) in [7, 11) is 0. The molecule has 3 atom stereocenters. The van der Waals surface area contributed by atoms with E-state index >= 15 is 0 Å². The van der Waals surface area contributed by atoms with Gasteiger partial charge in [0.1, 0.15) is 11.6 Å². The fourth-order valence-corrected chi connectivity index (χ4v) is 8.85. The van der Waals surface area contributed by atoms with Crippen molar-refractivity contribution in [1.29, 1.82) is 0 Å². The average molecular weight is 872 g/mol. The number of aryl methyl sites for hydroxylation is 1. The SMILES string of the molecule is Cc1nc(-c2cnc3nc(C4CC4)cn3c2)ccc1[C@H]1C[C@@]12CCN([C@H](Cc1cnn(C(F)F)c1)C(=O)NC(C)(C)Cn1nc(C(F)(F)F)cc1-c1ccc(C(C)(C)O)nc1)C2=O. The third-order valence-corrected chi connectivity index (χ3v) is 12.4. The molecule has 2 aliphatic carbocycles. The number of alkyl halides is 5. The summed E-state index contributed by atoms with van der Waals surface area (Å²) in [5.41, 5.74) is 0.749. The molecular formula is C44H46F5N11O3. The van der Waals surface area contributed by atoms with Gasteiger partial charge in [0.2, 0.25) is 17.6 Å². The summed E-state index contributed by atoms with van der Waals surface area (Å²) < 4.78 is 72.8. The highest BCUT2D eigenvalue weighted by molar-refractivity contribution is 5.94. The topological polar surface area (TPSA) is 161 Å². The number of likely N-dealkylation sites (tertiary alicyclic amines) is 1. The van der Waals surface area contributed by atoms with Gasteiger partial charge in [0, 0.05) is 72.6 Å². The van der Waals surface area contributed by atoms with Crippen molar-refractivity contribution in [3.05, 3.63) is 101 Å². The van der Waals surface area contributed by atoms with Crippen LogP contribution in [0.5, 0.6) is 0 Å². The van der Waals surface area contributed by atoms with E-state index in [2.05, 4.69) is 30.5 Å². The first-order chi connectivity index (χ1) is 29.7. The number of pyridine rings is 2. The Kier molecular flexibility index (Phi) is 10.1. The highest BCUT2D eigenvalue weighted by Gasteiger charge is 2.65. The summed E-state index contributed by atoms with van der Waals surface area (Å²) >= 11 is 0. The van der Waals surface area contributed by atoms with E-state index in [0.29, 0.717) is 46.0 Å². The van der Waals surface area contributed by atoms with E-state index in [0.717, 1.165) is 58.0 Å². The van der Waals surface area contributed by atoms with E-state index in [1.54, 1.807) is 20.0 Å². The summed E-state index contributed by atoms with van der Waals surface area (Å²) in [4.78, 5) is 48.9. The Labute approximate surface area is 358 Å². The first kappa shape index (κ1) is 42.2. The highest BCUT2D eigenvalue weighted by Crippen LogP contribution is 2.65. The number of carbonyl (C=O) groups excluding carboxylic acids is 2. The molecule has 0 aromatic carbocycles. The zero-order chi connectivity index (χ0) is 44.8. The molecule has 0 unspecified atom stereocenters. The van der Waals surface area contributed by atoms with Crippen LogP contribution < -0.4 is 5.32 Å². The Morgan fingerprint density at radius 1 is 0.968 bits per heavy atom. The molecular weight excluding hydrogens is 826 g/mol. The number of rotatable bonds is 13. The quantitative estimate of drug-likeness (QED) is 0.117. The van der Waals surface area contributed by atoms with Crippen LogP contribution in [0.15, 0.2) is 67.5 Å². The third kappa shape index (κ3) is 8.18. The number of imidazole rings is 1. The van der Waals surface area contributed by atoms with E-state index in [-0.39, 0.29) is 37.0 Å². The van der Waals surface area contributed by atoms with Crippen molar-refractivity contribution in [2.24, 2.45) is 5.41 Å². The number of nitrogens with one attached hydrogen (secondary N) is 1. The van der Waals surface area contributed by atoms with Crippen LogP contribution in [0.2, 0.25) is 0 Å². The molecule has 3 aliphatic rings. The molecule has 6 aromatic rings. The van der Waals surface area contributed by atoms with Gasteiger partial charge in [0.25, 0.3) is 0 Å². The first-order valence-corrected chi connectivity index (χ1v) is 20.8. The lowest BCUT2D eigenvalue weighted by Crippen LogP contribution is -2.56.